The molecule has 0 saturated heterocycles. The van der Waals surface area contributed by atoms with Crippen molar-refractivity contribution in [3.8, 4) is 0 Å². The van der Waals surface area contributed by atoms with Gasteiger partial charge in [-0.15, -0.1) is 0 Å². The zero-order valence-electron chi connectivity index (χ0n) is 11.3. The Morgan fingerprint density at radius 1 is 1.26 bits per heavy atom. The first-order valence-corrected chi connectivity index (χ1v) is 8.32. The number of aliphatic hydroxyl groups is 1. The number of hydrogen-bond acceptors (Lipinski definition) is 4. The van der Waals surface area contributed by atoms with E-state index in [9.17, 15) is 13.5 Å². The fourth-order valence-corrected chi connectivity index (χ4v) is 4.77. The summed E-state index contributed by atoms with van der Waals surface area (Å²) < 4.78 is 24.1. The molecule has 106 valence electrons. The van der Waals surface area contributed by atoms with Gasteiger partial charge < -0.3 is 10.8 Å². The van der Waals surface area contributed by atoms with Gasteiger partial charge in [0.25, 0.3) is 0 Å². The van der Waals surface area contributed by atoms with E-state index in [0.29, 0.717) is 0 Å². The Morgan fingerprint density at radius 2 is 1.84 bits per heavy atom. The maximum absolute atomic E-state index is 12.1. The lowest BCUT2D eigenvalue weighted by molar-refractivity contribution is 0.253. The average Bonchev–Trinajstić information content (AvgIpc) is 3.07. The molecule has 3 N–H and O–H groups in total. The number of sulfone groups is 1. The van der Waals surface area contributed by atoms with Gasteiger partial charge in [0.15, 0.2) is 9.84 Å². The van der Waals surface area contributed by atoms with Gasteiger partial charge in [0.1, 0.15) is 0 Å². The van der Waals surface area contributed by atoms with Crippen molar-refractivity contribution in [2.75, 3.05) is 12.4 Å². The summed E-state index contributed by atoms with van der Waals surface area (Å²) in [6.07, 6.45) is 0.940. The molecule has 0 bridgehead atoms. The van der Waals surface area contributed by atoms with Gasteiger partial charge >= 0.3 is 0 Å². The third kappa shape index (κ3) is 2.30. The highest BCUT2D eigenvalue weighted by Gasteiger charge is 2.68. The van der Waals surface area contributed by atoms with Gasteiger partial charge in [-0.2, -0.15) is 0 Å². The minimum Gasteiger partial charge on any atom is -0.394 e. The molecule has 0 aliphatic heterocycles. The van der Waals surface area contributed by atoms with E-state index in [1.165, 1.54) is 5.56 Å². The smallest absolute Gasteiger partial charge is 0.155 e. The summed E-state index contributed by atoms with van der Waals surface area (Å²) in [6.45, 7) is 3.37. The quantitative estimate of drug-likeness (QED) is 0.839. The fraction of sp³-hybridized carbons (Fsp3) is 0.571. The highest BCUT2D eigenvalue weighted by atomic mass is 32.2. The SMILES string of the molecule is CCc1ccc([C@H]2[C@@H](S(=O)(=O)CC)[C@@]2(N)CO)cc1. The molecule has 0 aromatic heterocycles. The summed E-state index contributed by atoms with van der Waals surface area (Å²) in [6, 6.07) is 7.82. The fourth-order valence-electron chi connectivity index (χ4n) is 2.78. The van der Waals surface area contributed by atoms with Crippen molar-refractivity contribution in [2.45, 2.75) is 37.0 Å². The molecule has 4 nitrogen and oxygen atoms in total. The topological polar surface area (TPSA) is 80.4 Å². The minimum atomic E-state index is -3.24. The monoisotopic (exact) mass is 283 g/mol. The molecule has 0 spiro atoms. The van der Waals surface area contributed by atoms with Crippen molar-refractivity contribution in [3.63, 3.8) is 0 Å². The number of benzene rings is 1. The van der Waals surface area contributed by atoms with Crippen molar-refractivity contribution in [1.29, 1.82) is 0 Å². The van der Waals surface area contributed by atoms with Crippen LogP contribution in [0.1, 0.15) is 30.9 Å². The minimum absolute atomic E-state index is 0.0557. The third-order valence-corrected chi connectivity index (χ3v) is 6.40. The molecule has 1 saturated carbocycles. The Hall–Kier alpha value is -0.910. The molecule has 1 aromatic carbocycles. The second-order valence-corrected chi connectivity index (χ2v) is 7.63. The number of hydrogen-bond donors (Lipinski definition) is 2. The van der Waals surface area contributed by atoms with Crippen molar-refractivity contribution < 1.29 is 13.5 Å². The average molecular weight is 283 g/mol. The molecule has 5 heteroatoms. The Bertz CT molecular complexity index is 553. The number of aliphatic hydroxyl groups excluding tert-OH is 1. The standard InChI is InChI=1S/C14H21NO3S/c1-3-10-5-7-11(8-6-10)12-13(14(12,15)9-16)19(17,18)4-2/h5-8,12-13,16H,3-4,9,15H2,1-2H3/t12-,13+,14+/m0/s1. The normalized spacial score (nSPS) is 30.3. The van der Waals surface area contributed by atoms with E-state index in [-0.39, 0.29) is 18.3 Å². The second-order valence-electron chi connectivity index (χ2n) is 5.22. The van der Waals surface area contributed by atoms with E-state index >= 15 is 0 Å². The Balaban J connectivity index is 2.34. The first-order chi connectivity index (χ1) is 8.90. The largest absolute Gasteiger partial charge is 0.394 e. The highest BCUT2D eigenvalue weighted by molar-refractivity contribution is 7.92. The predicted octanol–water partition coefficient (Wildman–Crippen LogP) is 0.839. The second kappa shape index (κ2) is 4.89. The van der Waals surface area contributed by atoms with Crippen LogP contribution in [0.2, 0.25) is 0 Å². The van der Waals surface area contributed by atoms with Crippen LogP contribution < -0.4 is 5.73 Å². The molecule has 2 rings (SSSR count). The summed E-state index contributed by atoms with van der Waals surface area (Å²) in [5.41, 5.74) is 7.14. The van der Waals surface area contributed by atoms with Crippen molar-refractivity contribution in [1.82, 2.24) is 0 Å². The van der Waals surface area contributed by atoms with E-state index in [0.717, 1.165) is 12.0 Å². The Labute approximate surface area is 114 Å². The maximum Gasteiger partial charge on any atom is 0.155 e. The van der Waals surface area contributed by atoms with Gasteiger partial charge in [-0.25, -0.2) is 8.42 Å². The molecular weight excluding hydrogens is 262 g/mol. The first kappa shape index (κ1) is 14.5. The van der Waals surface area contributed by atoms with E-state index in [2.05, 4.69) is 6.92 Å². The van der Waals surface area contributed by atoms with Crippen LogP contribution in [-0.2, 0) is 16.3 Å². The summed E-state index contributed by atoms with van der Waals surface area (Å²) in [4.78, 5) is 0. The van der Waals surface area contributed by atoms with Crippen LogP contribution in [0, 0.1) is 0 Å². The number of aryl methyl sites for hydroxylation is 1. The van der Waals surface area contributed by atoms with Crippen LogP contribution in [-0.4, -0.2) is 36.7 Å². The van der Waals surface area contributed by atoms with E-state index in [1.54, 1.807) is 6.92 Å². The third-order valence-electron chi connectivity index (χ3n) is 4.11. The molecule has 3 atom stereocenters. The molecule has 0 radical (unpaired) electrons. The molecular formula is C14H21NO3S. The number of nitrogens with two attached hydrogens (primary N) is 1. The molecule has 1 aliphatic carbocycles. The zero-order chi connectivity index (χ0) is 14.3. The van der Waals surface area contributed by atoms with Gasteiger partial charge in [-0.1, -0.05) is 38.1 Å². The molecule has 19 heavy (non-hydrogen) atoms. The van der Waals surface area contributed by atoms with Crippen molar-refractivity contribution >= 4 is 9.84 Å². The van der Waals surface area contributed by atoms with Crippen LogP contribution in [0.25, 0.3) is 0 Å². The van der Waals surface area contributed by atoms with Gasteiger partial charge in [0.05, 0.1) is 17.4 Å². The Morgan fingerprint density at radius 3 is 2.26 bits per heavy atom. The summed E-state index contributed by atoms with van der Waals surface area (Å²) in [7, 11) is -3.24. The molecule has 0 heterocycles. The maximum atomic E-state index is 12.1. The summed E-state index contributed by atoms with van der Waals surface area (Å²) in [5.74, 6) is -0.242. The van der Waals surface area contributed by atoms with Crippen LogP contribution in [0.5, 0.6) is 0 Å². The van der Waals surface area contributed by atoms with E-state index < -0.39 is 20.6 Å². The van der Waals surface area contributed by atoms with Crippen molar-refractivity contribution in [2.24, 2.45) is 5.73 Å². The van der Waals surface area contributed by atoms with Crippen LogP contribution in [0.4, 0.5) is 0 Å². The highest BCUT2D eigenvalue weighted by Crippen LogP contribution is 2.53. The van der Waals surface area contributed by atoms with Crippen molar-refractivity contribution in [3.05, 3.63) is 35.4 Å². The Kier molecular flexibility index (Phi) is 3.73. The van der Waals surface area contributed by atoms with Gasteiger partial charge in [0.2, 0.25) is 0 Å². The summed E-state index contributed by atoms with van der Waals surface area (Å²) >= 11 is 0. The van der Waals surface area contributed by atoms with Crippen LogP contribution in [0.15, 0.2) is 24.3 Å². The lowest BCUT2D eigenvalue weighted by Crippen LogP contribution is -2.35. The van der Waals surface area contributed by atoms with E-state index in [1.807, 2.05) is 24.3 Å². The van der Waals surface area contributed by atoms with Crippen LogP contribution in [0.3, 0.4) is 0 Å². The van der Waals surface area contributed by atoms with Crippen LogP contribution >= 0.6 is 0 Å². The van der Waals surface area contributed by atoms with E-state index in [4.69, 9.17) is 5.73 Å². The lowest BCUT2D eigenvalue weighted by atomic mass is 10.0. The molecule has 1 fully saturated rings. The van der Waals surface area contributed by atoms with Gasteiger partial charge in [-0.05, 0) is 17.5 Å². The number of rotatable bonds is 5. The molecule has 0 amide bonds. The van der Waals surface area contributed by atoms with Gasteiger partial charge in [-0.3, -0.25) is 0 Å². The van der Waals surface area contributed by atoms with Gasteiger partial charge in [0, 0.05) is 11.7 Å². The summed E-state index contributed by atoms with van der Waals surface area (Å²) in [5, 5.41) is 8.77. The first-order valence-electron chi connectivity index (χ1n) is 6.60. The molecule has 1 aromatic rings. The lowest BCUT2D eigenvalue weighted by Gasteiger charge is -2.07. The predicted molar refractivity (Wildman–Crippen MR) is 75.8 cm³/mol. The molecule has 0 unspecified atom stereocenters. The zero-order valence-corrected chi connectivity index (χ0v) is 12.2. The molecule has 1 aliphatic rings.